The number of benzene rings is 2. The Labute approximate surface area is 173 Å². The average molecular weight is 390 g/mol. The molecule has 1 amide bonds. The highest BCUT2D eigenvalue weighted by Crippen LogP contribution is 2.48. The van der Waals surface area contributed by atoms with Crippen molar-refractivity contribution in [1.29, 1.82) is 0 Å². The Morgan fingerprint density at radius 2 is 1.66 bits per heavy atom. The molecule has 4 nitrogen and oxygen atoms in total. The van der Waals surface area contributed by atoms with Crippen molar-refractivity contribution in [2.24, 2.45) is 17.4 Å². The molecule has 3 rings (SSSR count). The van der Waals surface area contributed by atoms with Crippen LogP contribution in [-0.2, 0) is 10.2 Å². The molecule has 1 fully saturated rings. The molecule has 0 radical (unpaired) electrons. The fourth-order valence-electron chi connectivity index (χ4n) is 4.89. The van der Waals surface area contributed by atoms with Crippen LogP contribution in [0.1, 0.15) is 43.7 Å². The van der Waals surface area contributed by atoms with Crippen molar-refractivity contribution in [3.63, 3.8) is 0 Å². The van der Waals surface area contributed by atoms with Gasteiger partial charge in [0, 0.05) is 24.1 Å². The summed E-state index contributed by atoms with van der Waals surface area (Å²) < 4.78 is 0. The molecule has 0 unspecified atom stereocenters. The lowest BCUT2D eigenvalue weighted by atomic mass is 9.64. The number of hydrogen-bond acceptors (Lipinski definition) is 3. The number of nitrogens with two attached hydrogens (primary N) is 2. The smallest absolute Gasteiger partial charge is 0.232 e. The lowest BCUT2D eigenvalue weighted by Crippen LogP contribution is -2.48. The third kappa shape index (κ3) is 3.80. The third-order valence-electron chi connectivity index (χ3n) is 6.28. The van der Waals surface area contributed by atoms with Crippen LogP contribution >= 0.6 is 0 Å². The van der Waals surface area contributed by atoms with Crippen LogP contribution in [0.3, 0.4) is 0 Å². The molecule has 4 N–H and O–H groups in total. The van der Waals surface area contributed by atoms with Crippen molar-refractivity contribution in [3.8, 4) is 0 Å². The van der Waals surface area contributed by atoms with E-state index in [1.165, 1.54) is 0 Å². The second-order valence-electron chi connectivity index (χ2n) is 7.74. The van der Waals surface area contributed by atoms with Gasteiger partial charge in [-0.15, -0.1) is 0 Å². The van der Waals surface area contributed by atoms with Crippen LogP contribution in [0, 0.1) is 5.92 Å². The Balaban J connectivity index is 2.07. The summed E-state index contributed by atoms with van der Waals surface area (Å²) in [5.41, 5.74) is 14.0. The summed E-state index contributed by atoms with van der Waals surface area (Å²) in [6.07, 6.45) is 7.02. The number of hydrogen-bond donors (Lipinski definition) is 2. The van der Waals surface area contributed by atoms with Crippen molar-refractivity contribution in [2.45, 2.75) is 44.1 Å². The van der Waals surface area contributed by atoms with Gasteiger partial charge >= 0.3 is 0 Å². The molecule has 0 aromatic heterocycles. The number of allylic oxidation sites excluding steroid dienone is 1. The van der Waals surface area contributed by atoms with Crippen molar-refractivity contribution in [1.82, 2.24) is 4.90 Å². The van der Waals surface area contributed by atoms with Crippen molar-refractivity contribution >= 4 is 5.91 Å². The summed E-state index contributed by atoms with van der Waals surface area (Å²) in [5.74, 6) is -0.205. The number of amides is 1. The van der Waals surface area contributed by atoms with E-state index in [-0.39, 0.29) is 17.9 Å². The highest BCUT2D eigenvalue weighted by Gasteiger charge is 2.50. The molecule has 0 aliphatic heterocycles. The maximum atomic E-state index is 13.2. The number of carbonyl (C=O) groups is 1. The average Bonchev–Trinajstić information content (AvgIpc) is 3.23. The standard InChI is InChI=1S/C25H31N3O/c1-3-19(2)28(17-16-26)23-15-14-22(18-23)25(24(27)29,20-10-6-4-7-11-20)21-12-8-5-9-13-21/h4-13,16-17,22-23H,2-3,14-15,18,26H2,1H3,(H2,27,29)/b17-16-/t22-,23+/m1/s1. The first-order valence-electron chi connectivity index (χ1n) is 10.3. The number of carbonyl (C=O) groups excluding carboxylic acids is 1. The van der Waals surface area contributed by atoms with E-state index in [0.717, 1.165) is 42.5 Å². The highest BCUT2D eigenvalue weighted by molar-refractivity contribution is 5.91. The summed E-state index contributed by atoms with van der Waals surface area (Å²) in [7, 11) is 0. The minimum Gasteiger partial charge on any atom is -0.403 e. The normalized spacial score (nSPS) is 19.3. The first kappa shape index (κ1) is 20.7. The van der Waals surface area contributed by atoms with Gasteiger partial charge in [0.1, 0.15) is 5.41 Å². The molecular weight excluding hydrogens is 358 g/mol. The zero-order valence-corrected chi connectivity index (χ0v) is 17.1. The van der Waals surface area contributed by atoms with Crippen LogP contribution < -0.4 is 11.5 Å². The molecule has 4 heteroatoms. The molecular formula is C25H31N3O. The molecule has 0 heterocycles. The van der Waals surface area contributed by atoms with E-state index in [2.05, 4.69) is 18.4 Å². The number of primary amides is 1. The molecule has 1 saturated carbocycles. The van der Waals surface area contributed by atoms with Crippen molar-refractivity contribution in [2.75, 3.05) is 0 Å². The van der Waals surface area contributed by atoms with Crippen molar-refractivity contribution < 1.29 is 4.79 Å². The summed E-state index contributed by atoms with van der Waals surface area (Å²) in [5, 5.41) is 0. The monoisotopic (exact) mass is 389 g/mol. The topological polar surface area (TPSA) is 72.3 Å². The predicted molar refractivity (Wildman–Crippen MR) is 119 cm³/mol. The Morgan fingerprint density at radius 1 is 1.10 bits per heavy atom. The number of rotatable bonds is 8. The van der Waals surface area contributed by atoms with Gasteiger partial charge in [-0.2, -0.15) is 0 Å². The van der Waals surface area contributed by atoms with E-state index >= 15 is 0 Å². The number of nitrogens with zero attached hydrogens (tertiary/aromatic N) is 1. The van der Waals surface area contributed by atoms with Crippen molar-refractivity contribution in [3.05, 3.63) is 96.5 Å². The van der Waals surface area contributed by atoms with Gasteiger partial charge in [-0.3, -0.25) is 4.79 Å². The van der Waals surface area contributed by atoms with E-state index in [1.807, 2.05) is 66.9 Å². The predicted octanol–water partition coefficient (Wildman–Crippen LogP) is 4.28. The van der Waals surface area contributed by atoms with Crippen LogP contribution in [-0.4, -0.2) is 16.8 Å². The molecule has 29 heavy (non-hydrogen) atoms. The summed E-state index contributed by atoms with van der Waals surface area (Å²) in [6.45, 7) is 6.29. The minimum atomic E-state index is -0.858. The maximum absolute atomic E-state index is 13.2. The highest BCUT2D eigenvalue weighted by atomic mass is 16.1. The summed E-state index contributed by atoms with van der Waals surface area (Å²) >= 11 is 0. The third-order valence-corrected chi connectivity index (χ3v) is 6.28. The Bertz CT molecular complexity index is 821. The second kappa shape index (κ2) is 8.99. The Morgan fingerprint density at radius 3 is 2.10 bits per heavy atom. The molecule has 152 valence electrons. The van der Waals surface area contributed by atoms with E-state index in [4.69, 9.17) is 11.5 Å². The van der Waals surface area contributed by atoms with Gasteiger partial charge < -0.3 is 16.4 Å². The van der Waals surface area contributed by atoms with E-state index in [1.54, 1.807) is 6.20 Å². The zero-order valence-electron chi connectivity index (χ0n) is 17.1. The largest absolute Gasteiger partial charge is 0.403 e. The molecule has 2 atom stereocenters. The molecule has 1 aliphatic carbocycles. The molecule has 0 bridgehead atoms. The maximum Gasteiger partial charge on any atom is 0.232 e. The first-order valence-corrected chi connectivity index (χ1v) is 10.3. The second-order valence-corrected chi connectivity index (χ2v) is 7.74. The lowest BCUT2D eigenvalue weighted by Gasteiger charge is -2.38. The summed E-state index contributed by atoms with van der Waals surface area (Å²) in [4.78, 5) is 15.3. The zero-order chi connectivity index (χ0) is 20.9. The van der Waals surface area contributed by atoms with E-state index in [9.17, 15) is 4.79 Å². The Kier molecular flexibility index (Phi) is 6.42. The van der Waals surface area contributed by atoms with Crippen LogP contribution in [0.5, 0.6) is 0 Å². The molecule has 2 aromatic rings. The van der Waals surface area contributed by atoms with Gasteiger partial charge in [-0.05, 0) is 42.7 Å². The molecule has 2 aromatic carbocycles. The van der Waals surface area contributed by atoms with Gasteiger partial charge in [0.15, 0.2) is 0 Å². The quantitative estimate of drug-likeness (QED) is 0.708. The lowest BCUT2D eigenvalue weighted by molar-refractivity contribution is -0.123. The van der Waals surface area contributed by atoms with Gasteiger partial charge in [-0.1, -0.05) is 74.2 Å². The van der Waals surface area contributed by atoms with Crippen LogP contribution in [0.15, 0.2) is 85.3 Å². The van der Waals surface area contributed by atoms with E-state index < -0.39 is 5.41 Å². The van der Waals surface area contributed by atoms with Gasteiger partial charge in [-0.25, -0.2) is 0 Å². The molecule has 1 aliphatic rings. The van der Waals surface area contributed by atoms with Gasteiger partial charge in [0.25, 0.3) is 0 Å². The van der Waals surface area contributed by atoms with E-state index in [0.29, 0.717) is 0 Å². The van der Waals surface area contributed by atoms with Crippen LogP contribution in [0.25, 0.3) is 0 Å². The minimum absolute atomic E-state index is 0.0909. The first-order chi connectivity index (χ1) is 14.1. The molecule has 0 saturated heterocycles. The van der Waals surface area contributed by atoms with Crippen LogP contribution in [0.2, 0.25) is 0 Å². The van der Waals surface area contributed by atoms with Crippen LogP contribution in [0.4, 0.5) is 0 Å². The van der Waals surface area contributed by atoms with Gasteiger partial charge in [0.2, 0.25) is 5.91 Å². The fraction of sp³-hybridized carbons (Fsp3) is 0.320. The fourth-order valence-corrected chi connectivity index (χ4v) is 4.89. The SMILES string of the molecule is C=C(CC)N(/C=C\N)[C@H]1CC[C@@H](C(C(N)=O)(c2ccccc2)c2ccccc2)C1. The van der Waals surface area contributed by atoms with Gasteiger partial charge in [0.05, 0.1) is 0 Å². The Hall–Kier alpha value is -3.01. The molecule has 0 spiro atoms. The summed E-state index contributed by atoms with van der Waals surface area (Å²) in [6, 6.07) is 20.2.